The number of halogens is 2. The Morgan fingerprint density at radius 3 is 2.53 bits per heavy atom. The summed E-state index contributed by atoms with van der Waals surface area (Å²) in [7, 11) is 2.19. The van der Waals surface area contributed by atoms with Crippen LogP contribution in [0.5, 0.6) is 0 Å². The molecule has 19 heavy (non-hydrogen) atoms. The molecule has 0 bridgehead atoms. The molecule has 0 unspecified atom stereocenters. The van der Waals surface area contributed by atoms with Crippen LogP contribution in [0, 0.1) is 0 Å². The molecule has 1 fully saturated rings. The molecule has 2 rings (SSSR count). The third-order valence-corrected chi connectivity index (χ3v) is 5.52. The molecule has 5 heteroatoms. The molecule has 1 aliphatic carbocycles. The van der Waals surface area contributed by atoms with Gasteiger partial charge in [0.15, 0.2) is 0 Å². The van der Waals surface area contributed by atoms with Gasteiger partial charge in [-0.25, -0.2) is 0 Å². The van der Waals surface area contributed by atoms with Crippen LogP contribution in [-0.2, 0) is 6.54 Å². The second-order valence-corrected chi connectivity index (χ2v) is 7.84. The number of thiol groups is 1. The first kappa shape index (κ1) is 15.7. The molecular weight excluding hydrogens is 388 g/mol. The normalized spacial score (nSPS) is 23.8. The van der Waals surface area contributed by atoms with Crippen molar-refractivity contribution in [2.75, 3.05) is 12.8 Å². The maximum atomic E-state index is 6.14. The number of nitrogens with zero attached hydrogens (tertiary/aromatic N) is 1. The summed E-state index contributed by atoms with van der Waals surface area (Å²) in [6, 6.07) is 4.76. The first-order chi connectivity index (χ1) is 8.97. The minimum absolute atomic E-state index is 0.592. The summed E-state index contributed by atoms with van der Waals surface area (Å²) in [5.74, 6) is 0. The monoisotopic (exact) mass is 406 g/mol. The second kappa shape index (κ2) is 6.83. The summed E-state index contributed by atoms with van der Waals surface area (Å²) in [5.41, 5.74) is 8.17. The van der Waals surface area contributed by atoms with E-state index >= 15 is 0 Å². The van der Waals surface area contributed by atoms with E-state index in [-0.39, 0.29) is 0 Å². The van der Waals surface area contributed by atoms with Crippen molar-refractivity contribution in [3.63, 3.8) is 0 Å². The fraction of sp³-hybridized carbons (Fsp3) is 0.571. The van der Waals surface area contributed by atoms with Crippen molar-refractivity contribution in [2.24, 2.45) is 0 Å². The summed E-state index contributed by atoms with van der Waals surface area (Å²) in [5, 5.41) is 0.592. The fourth-order valence-electron chi connectivity index (χ4n) is 2.67. The number of hydrogen-bond donors (Lipinski definition) is 2. The van der Waals surface area contributed by atoms with Gasteiger partial charge in [0.2, 0.25) is 0 Å². The summed E-state index contributed by atoms with van der Waals surface area (Å²) in [6.07, 6.45) is 4.91. The molecule has 0 amide bonds. The van der Waals surface area contributed by atoms with Crippen LogP contribution in [-0.4, -0.2) is 23.2 Å². The van der Waals surface area contributed by atoms with Crippen LogP contribution in [0.2, 0.25) is 0 Å². The largest absolute Gasteiger partial charge is 0.398 e. The molecule has 0 spiro atoms. The van der Waals surface area contributed by atoms with Gasteiger partial charge in [0, 0.05) is 26.8 Å². The van der Waals surface area contributed by atoms with Crippen LogP contribution in [0.4, 0.5) is 5.69 Å². The first-order valence-electron chi connectivity index (χ1n) is 6.59. The highest BCUT2D eigenvalue weighted by atomic mass is 79.9. The van der Waals surface area contributed by atoms with E-state index in [0.29, 0.717) is 11.3 Å². The van der Waals surface area contributed by atoms with E-state index in [1.165, 1.54) is 31.2 Å². The maximum absolute atomic E-state index is 6.14. The van der Waals surface area contributed by atoms with Crippen molar-refractivity contribution < 1.29 is 0 Å². The zero-order chi connectivity index (χ0) is 14.0. The predicted molar refractivity (Wildman–Crippen MR) is 92.8 cm³/mol. The lowest BCUT2D eigenvalue weighted by atomic mass is 9.93. The Morgan fingerprint density at radius 2 is 1.89 bits per heavy atom. The van der Waals surface area contributed by atoms with Crippen molar-refractivity contribution in [2.45, 2.75) is 43.5 Å². The van der Waals surface area contributed by atoms with Gasteiger partial charge >= 0.3 is 0 Å². The minimum atomic E-state index is 0.592. The molecule has 0 radical (unpaired) electrons. The molecule has 0 heterocycles. The molecule has 1 aliphatic rings. The third kappa shape index (κ3) is 4.13. The lowest BCUT2D eigenvalue weighted by Crippen LogP contribution is -2.35. The van der Waals surface area contributed by atoms with Crippen molar-refractivity contribution in [3.8, 4) is 0 Å². The van der Waals surface area contributed by atoms with E-state index in [4.69, 9.17) is 5.73 Å². The number of benzene rings is 1. The van der Waals surface area contributed by atoms with E-state index in [1.807, 2.05) is 6.07 Å². The van der Waals surface area contributed by atoms with Gasteiger partial charge in [0.25, 0.3) is 0 Å². The quantitative estimate of drug-likeness (QED) is 0.571. The zero-order valence-electron chi connectivity index (χ0n) is 11.1. The average molecular weight is 408 g/mol. The summed E-state index contributed by atoms with van der Waals surface area (Å²) >= 11 is 11.6. The van der Waals surface area contributed by atoms with Gasteiger partial charge in [-0.2, -0.15) is 12.6 Å². The van der Waals surface area contributed by atoms with E-state index < -0.39 is 0 Å². The van der Waals surface area contributed by atoms with E-state index in [0.717, 1.165) is 21.2 Å². The highest BCUT2D eigenvalue weighted by Gasteiger charge is 2.22. The van der Waals surface area contributed by atoms with Gasteiger partial charge in [0.1, 0.15) is 0 Å². The highest BCUT2D eigenvalue weighted by molar-refractivity contribution is 9.11. The Hall–Kier alpha value is 0.290. The minimum Gasteiger partial charge on any atom is -0.398 e. The van der Waals surface area contributed by atoms with Crippen LogP contribution in [0.1, 0.15) is 31.2 Å². The van der Waals surface area contributed by atoms with E-state index in [9.17, 15) is 0 Å². The third-order valence-electron chi connectivity index (χ3n) is 3.89. The molecule has 1 aromatic carbocycles. The van der Waals surface area contributed by atoms with Gasteiger partial charge in [-0.3, -0.25) is 4.90 Å². The molecule has 2 N–H and O–H groups in total. The average Bonchev–Trinajstić information content (AvgIpc) is 2.36. The number of rotatable bonds is 3. The van der Waals surface area contributed by atoms with E-state index in [1.54, 1.807) is 0 Å². The number of hydrogen-bond acceptors (Lipinski definition) is 3. The number of nitrogens with two attached hydrogens (primary N) is 1. The van der Waals surface area contributed by atoms with Gasteiger partial charge in [-0.1, -0.05) is 15.9 Å². The Bertz CT molecular complexity index is 445. The molecular formula is C14H20Br2N2S. The molecule has 1 aromatic rings. The maximum Gasteiger partial charge on any atom is 0.0504 e. The van der Waals surface area contributed by atoms with Crippen LogP contribution in [0.25, 0.3) is 0 Å². The Labute approximate surface area is 137 Å². The second-order valence-electron chi connectivity index (χ2n) is 5.34. The van der Waals surface area contributed by atoms with Crippen LogP contribution >= 0.6 is 44.5 Å². The van der Waals surface area contributed by atoms with Crippen LogP contribution in [0.15, 0.2) is 21.1 Å². The highest BCUT2D eigenvalue weighted by Crippen LogP contribution is 2.31. The van der Waals surface area contributed by atoms with Gasteiger partial charge in [-0.05, 0) is 66.4 Å². The van der Waals surface area contributed by atoms with Gasteiger partial charge < -0.3 is 5.73 Å². The van der Waals surface area contributed by atoms with E-state index in [2.05, 4.69) is 62.5 Å². The Balaban J connectivity index is 2.04. The SMILES string of the molecule is CN(Cc1cc(Br)cc(Br)c1N)[C@H]1CC[C@H](S)CC1. The van der Waals surface area contributed by atoms with Crippen molar-refractivity contribution in [1.29, 1.82) is 0 Å². The van der Waals surface area contributed by atoms with Crippen molar-refractivity contribution in [3.05, 3.63) is 26.6 Å². The zero-order valence-corrected chi connectivity index (χ0v) is 15.1. The van der Waals surface area contributed by atoms with Crippen molar-refractivity contribution >= 4 is 50.2 Å². The standard InChI is InChI=1S/C14H20Br2N2S/c1-18(11-2-4-12(19)5-3-11)8-9-6-10(15)7-13(16)14(9)17/h6-7,11-12,19H,2-5,8,17H2,1H3/t11-,12-. The number of anilines is 1. The number of nitrogen functional groups attached to an aromatic ring is 1. The Kier molecular flexibility index (Phi) is 5.64. The summed E-state index contributed by atoms with van der Waals surface area (Å²) in [4.78, 5) is 2.42. The van der Waals surface area contributed by atoms with Crippen molar-refractivity contribution in [1.82, 2.24) is 4.90 Å². The molecule has 2 nitrogen and oxygen atoms in total. The lowest BCUT2D eigenvalue weighted by Gasteiger charge is -2.33. The van der Waals surface area contributed by atoms with Crippen LogP contribution in [0.3, 0.4) is 0 Å². The molecule has 0 aliphatic heterocycles. The van der Waals surface area contributed by atoms with Gasteiger partial charge in [-0.15, -0.1) is 0 Å². The summed E-state index contributed by atoms with van der Waals surface area (Å²) < 4.78 is 2.03. The van der Waals surface area contributed by atoms with Gasteiger partial charge in [0.05, 0.1) is 5.69 Å². The van der Waals surface area contributed by atoms with Crippen LogP contribution < -0.4 is 5.73 Å². The molecule has 1 saturated carbocycles. The smallest absolute Gasteiger partial charge is 0.0504 e. The fourth-order valence-corrected chi connectivity index (χ4v) is 4.28. The first-order valence-corrected chi connectivity index (χ1v) is 8.69. The lowest BCUT2D eigenvalue weighted by molar-refractivity contribution is 0.187. The predicted octanol–water partition coefficient (Wildman–Crippen LogP) is 4.47. The summed E-state index contributed by atoms with van der Waals surface area (Å²) in [6.45, 7) is 0.895. The topological polar surface area (TPSA) is 29.3 Å². The Morgan fingerprint density at radius 1 is 1.26 bits per heavy atom. The molecule has 106 valence electrons. The molecule has 0 atom stereocenters. The molecule has 0 aromatic heterocycles. The molecule has 0 saturated heterocycles.